The van der Waals surface area contributed by atoms with Crippen LogP contribution < -0.4 is 10.3 Å². The highest BCUT2D eigenvalue weighted by atomic mass is 35.5. The molecule has 1 aromatic heterocycles. The zero-order valence-corrected chi connectivity index (χ0v) is 10.2. The van der Waals surface area contributed by atoms with Gasteiger partial charge in [-0.15, -0.1) is 5.10 Å². The van der Waals surface area contributed by atoms with Gasteiger partial charge in [-0.1, -0.05) is 11.6 Å². The zero-order valence-electron chi connectivity index (χ0n) is 9.41. The van der Waals surface area contributed by atoms with Gasteiger partial charge in [-0.25, -0.2) is 4.68 Å². The Morgan fingerprint density at radius 1 is 1.22 bits per heavy atom. The number of aliphatic hydroxyl groups excluding tert-OH is 1. The number of rotatable bonds is 4. The number of hydrogen-bond acceptors (Lipinski definition) is 4. The zero-order chi connectivity index (χ0) is 13.0. The molecule has 0 bridgehead atoms. The smallest absolute Gasteiger partial charge is 0.267 e. The molecule has 0 amide bonds. The second-order valence-corrected chi connectivity index (χ2v) is 3.95. The van der Waals surface area contributed by atoms with Gasteiger partial charge in [0.15, 0.2) is 0 Å². The number of aliphatic hydroxyl groups is 1. The predicted molar refractivity (Wildman–Crippen MR) is 67.1 cm³/mol. The molecule has 1 N–H and O–H groups in total. The highest BCUT2D eigenvalue weighted by Crippen LogP contribution is 2.20. The number of nitrogens with zero attached hydrogens (tertiary/aromatic N) is 2. The lowest BCUT2D eigenvalue weighted by molar-refractivity contribution is 0.263. The lowest BCUT2D eigenvalue weighted by Crippen LogP contribution is -2.23. The fourth-order valence-electron chi connectivity index (χ4n) is 1.36. The Balaban J connectivity index is 2.21. The Hall–Kier alpha value is -1.85. The second kappa shape index (κ2) is 5.66. The summed E-state index contributed by atoms with van der Waals surface area (Å²) < 4.78 is 6.61. The summed E-state index contributed by atoms with van der Waals surface area (Å²) in [5.41, 5.74) is -0.285. The maximum atomic E-state index is 11.4. The summed E-state index contributed by atoms with van der Waals surface area (Å²) in [6.45, 7) is -0.0199. The first-order valence-electron chi connectivity index (χ1n) is 5.31. The van der Waals surface area contributed by atoms with Gasteiger partial charge in [0.1, 0.15) is 5.75 Å². The molecule has 0 aliphatic carbocycles. The van der Waals surface area contributed by atoms with Crippen molar-refractivity contribution in [2.45, 2.75) is 6.54 Å². The Morgan fingerprint density at radius 2 is 1.94 bits per heavy atom. The molecule has 0 aliphatic rings. The van der Waals surface area contributed by atoms with E-state index in [0.29, 0.717) is 10.8 Å². The van der Waals surface area contributed by atoms with Crippen LogP contribution in [0.1, 0.15) is 0 Å². The molecule has 18 heavy (non-hydrogen) atoms. The molecule has 5 nitrogen and oxygen atoms in total. The van der Waals surface area contributed by atoms with Crippen molar-refractivity contribution in [2.24, 2.45) is 0 Å². The van der Waals surface area contributed by atoms with E-state index in [0.717, 1.165) is 4.68 Å². The van der Waals surface area contributed by atoms with Gasteiger partial charge in [-0.2, -0.15) is 0 Å². The molecule has 0 unspecified atom stereocenters. The molecule has 6 heteroatoms. The minimum atomic E-state index is -0.285. The van der Waals surface area contributed by atoms with E-state index in [2.05, 4.69) is 5.10 Å². The number of halogens is 1. The quantitative estimate of drug-likeness (QED) is 0.914. The SMILES string of the molecule is O=c1ccc(Oc2ccc(Cl)cc2)nn1CCO. The van der Waals surface area contributed by atoms with E-state index in [-0.39, 0.29) is 24.6 Å². The van der Waals surface area contributed by atoms with Crippen molar-refractivity contribution in [2.75, 3.05) is 6.61 Å². The fourth-order valence-corrected chi connectivity index (χ4v) is 1.49. The molecule has 94 valence electrons. The monoisotopic (exact) mass is 266 g/mol. The average Bonchev–Trinajstić information content (AvgIpc) is 2.37. The van der Waals surface area contributed by atoms with Gasteiger partial charge in [-0.3, -0.25) is 4.79 Å². The summed E-state index contributed by atoms with van der Waals surface area (Å²) in [5, 5.41) is 13.4. The van der Waals surface area contributed by atoms with Gasteiger partial charge in [0.25, 0.3) is 5.56 Å². The molecule has 0 aliphatic heterocycles. The molecule has 0 atom stereocenters. The van der Waals surface area contributed by atoms with E-state index in [1.807, 2.05) is 0 Å². The highest BCUT2D eigenvalue weighted by molar-refractivity contribution is 6.30. The summed E-state index contributed by atoms with van der Waals surface area (Å²) in [6, 6.07) is 9.61. The molecule has 2 aromatic rings. The Morgan fingerprint density at radius 3 is 2.61 bits per heavy atom. The van der Waals surface area contributed by atoms with Gasteiger partial charge >= 0.3 is 0 Å². The first-order chi connectivity index (χ1) is 8.69. The van der Waals surface area contributed by atoms with Crippen LogP contribution in [0.3, 0.4) is 0 Å². The number of hydrogen-bond donors (Lipinski definition) is 1. The Kier molecular flexibility index (Phi) is 3.96. The molecule has 0 fully saturated rings. The van der Waals surface area contributed by atoms with Gasteiger partial charge in [0.2, 0.25) is 5.88 Å². The van der Waals surface area contributed by atoms with Gasteiger partial charge < -0.3 is 9.84 Å². The predicted octanol–water partition coefficient (Wildman–Crippen LogP) is 1.68. The molecule has 0 spiro atoms. The molecule has 0 saturated heterocycles. The van der Waals surface area contributed by atoms with Crippen LogP contribution in [0, 0.1) is 0 Å². The molecule has 1 heterocycles. The first-order valence-corrected chi connectivity index (χ1v) is 5.69. The van der Waals surface area contributed by atoms with Crippen LogP contribution >= 0.6 is 11.6 Å². The van der Waals surface area contributed by atoms with Crippen molar-refractivity contribution < 1.29 is 9.84 Å². The summed E-state index contributed by atoms with van der Waals surface area (Å²) in [6.07, 6.45) is 0. The summed E-state index contributed by atoms with van der Waals surface area (Å²) in [4.78, 5) is 11.4. The maximum Gasteiger partial charge on any atom is 0.267 e. The van der Waals surface area contributed by atoms with Crippen molar-refractivity contribution in [3.63, 3.8) is 0 Å². The van der Waals surface area contributed by atoms with Crippen LogP contribution in [0.4, 0.5) is 0 Å². The largest absolute Gasteiger partial charge is 0.438 e. The van der Waals surface area contributed by atoms with Crippen molar-refractivity contribution in [3.05, 3.63) is 51.8 Å². The van der Waals surface area contributed by atoms with Crippen molar-refractivity contribution in [3.8, 4) is 11.6 Å². The maximum absolute atomic E-state index is 11.4. The van der Waals surface area contributed by atoms with E-state index in [1.54, 1.807) is 24.3 Å². The minimum Gasteiger partial charge on any atom is -0.438 e. The van der Waals surface area contributed by atoms with Crippen LogP contribution in [-0.2, 0) is 6.54 Å². The van der Waals surface area contributed by atoms with Gasteiger partial charge in [-0.05, 0) is 24.3 Å². The van der Waals surface area contributed by atoms with E-state index < -0.39 is 0 Å². The number of benzene rings is 1. The molecular weight excluding hydrogens is 256 g/mol. The molecule has 0 radical (unpaired) electrons. The Labute approximate surface area is 108 Å². The van der Waals surface area contributed by atoms with E-state index >= 15 is 0 Å². The normalized spacial score (nSPS) is 10.3. The number of ether oxygens (including phenoxy) is 1. The van der Waals surface area contributed by atoms with Gasteiger partial charge in [0, 0.05) is 17.2 Å². The second-order valence-electron chi connectivity index (χ2n) is 3.51. The molecule has 2 rings (SSSR count). The minimum absolute atomic E-state index is 0.136. The third kappa shape index (κ3) is 3.09. The molecule has 1 aromatic carbocycles. The van der Waals surface area contributed by atoms with Gasteiger partial charge in [0.05, 0.1) is 13.2 Å². The fraction of sp³-hybridized carbons (Fsp3) is 0.167. The lowest BCUT2D eigenvalue weighted by atomic mass is 10.3. The van der Waals surface area contributed by atoms with E-state index in [1.165, 1.54) is 12.1 Å². The summed E-state index contributed by atoms with van der Waals surface area (Å²) in [7, 11) is 0. The molecular formula is C12H11ClN2O3. The van der Waals surface area contributed by atoms with Crippen LogP contribution in [0.5, 0.6) is 11.6 Å². The first kappa shape index (κ1) is 12.6. The third-order valence-corrected chi connectivity index (χ3v) is 2.44. The third-order valence-electron chi connectivity index (χ3n) is 2.19. The highest BCUT2D eigenvalue weighted by Gasteiger charge is 2.02. The average molecular weight is 267 g/mol. The lowest BCUT2D eigenvalue weighted by Gasteiger charge is -2.07. The van der Waals surface area contributed by atoms with Crippen molar-refractivity contribution in [1.29, 1.82) is 0 Å². The van der Waals surface area contributed by atoms with Crippen molar-refractivity contribution in [1.82, 2.24) is 9.78 Å². The summed E-state index contributed by atoms with van der Waals surface area (Å²) >= 11 is 5.76. The van der Waals surface area contributed by atoms with Crippen LogP contribution in [0.25, 0.3) is 0 Å². The Bertz CT molecular complexity index is 581. The molecule has 0 saturated carbocycles. The van der Waals surface area contributed by atoms with E-state index in [4.69, 9.17) is 21.4 Å². The van der Waals surface area contributed by atoms with Crippen LogP contribution in [-0.4, -0.2) is 21.5 Å². The van der Waals surface area contributed by atoms with E-state index in [9.17, 15) is 4.79 Å². The number of aromatic nitrogens is 2. The standard InChI is InChI=1S/C12H11ClN2O3/c13-9-1-3-10(4-2-9)18-11-5-6-12(17)15(14-11)7-8-16/h1-6,16H,7-8H2. The summed E-state index contributed by atoms with van der Waals surface area (Å²) in [5.74, 6) is 0.853. The van der Waals surface area contributed by atoms with Crippen LogP contribution in [0.2, 0.25) is 5.02 Å². The topological polar surface area (TPSA) is 64.3 Å². The van der Waals surface area contributed by atoms with Crippen LogP contribution in [0.15, 0.2) is 41.2 Å². The van der Waals surface area contributed by atoms with Crippen molar-refractivity contribution >= 4 is 11.6 Å².